The van der Waals surface area contributed by atoms with Crippen LogP contribution in [0.3, 0.4) is 0 Å². The third kappa shape index (κ3) is 3.04. The SMILES string of the molecule is C[Si](C)(C)O[C@@H]1C=CC[C@@H]2C=CC=CC(=O)[C@@H]21. The van der Waals surface area contributed by atoms with Crippen molar-refractivity contribution in [3.8, 4) is 0 Å². The summed E-state index contributed by atoms with van der Waals surface area (Å²) in [7, 11) is -1.62. The van der Waals surface area contributed by atoms with Crippen LogP contribution in [0.2, 0.25) is 19.6 Å². The summed E-state index contributed by atoms with van der Waals surface area (Å²) < 4.78 is 6.14. The van der Waals surface area contributed by atoms with Crippen molar-refractivity contribution < 1.29 is 9.22 Å². The monoisotopic (exact) mass is 248 g/mol. The molecular formula is C14H20O2Si. The fourth-order valence-electron chi connectivity index (χ4n) is 2.44. The van der Waals surface area contributed by atoms with E-state index in [2.05, 4.69) is 37.9 Å². The molecule has 3 atom stereocenters. The van der Waals surface area contributed by atoms with E-state index < -0.39 is 8.32 Å². The van der Waals surface area contributed by atoms with Gasteiger partial charge < -0.3 is 4.43 Å². The van der Waals surface area contributed by atoms with Crippen molar-refractivity contribution in [2.24, 2.45) is 11.8 Å². The van der Waals surface area contributed by atoms with Gasteiger partial charge in [-0.25, -0.2) is 0 Å². The molecule has 0 aromatic carbocycles. The fraction of sp³-hybridized carbons (Fsp3) is 0.500. The summed E-state index contributed by atoms with van der Waals surface area (Å²) in [6.45, 7) is 6.49. The molecular weight excluding hydrogens is 228 g/mol. The quantitative estimate of drug-likeness (QED) is 0.554. The van der Waals surface area contributed by atoms with Crippen LogP contribution in [0.15, 0.2) is 36.5 Å². The summed E-state index contributed by atoms with van der Waals surface area (Å²) in [5, 5.41) is 0. The first-order valence-electron chi connectivity index (χ1n) is 6.20. The van der Waals surface area contributed by atoms with E-state index in [1.807, 2.05) is 12.2 Å². The van der Waals surface area contributed by atoms with Gasteiger partial charge >= 0.3 is 0 Å². The van der Waals surface area contributed by atoms with Crippen molar-refractivity contribution in [3.05, 3.63) is 36.5 Å². The highest BCUT2D eigenvalue weighted by Crippen LogP contribution is 2.32. The number of carbonyl (C=O) groups excluding carboxylic acids is 1. The van der Waals surface area contributed by atoms with Gasteiger partial charge in [-0.3, -0.25) is 4.79 Å². The van der Waals surface area contributed by atoms with Gasteiger partial charge in [-0.1, -0.05) is 30.4 Å². The molecule has 2 rings (SSSR count). The molecule has 0 aromatic rings. The molecule has 92 valence electrons. The first kappa shape index (κ1) is 12.5. The second-order valence-corrected chi connectivity index (χ2v) is 10.2. The largest absolute Gasteiger partial charge is 0.411 e. The van der Waals surface area contributed by atoms with Crippen LogP contribution in [0.25, 0.3) is 0 Å². The summed E-state index contributed by atoms with van der Waals surface area (Å²) in [5.41, 5.74) is 0. The highest BCUT2D eigenvalue weighted by atomic mass is 28.4. The maximum atomic E-state index is 12.1. The minimum absolute atomic E-state index is 0.0262. The fourth-order valence-corrected chi connectivity index (χ4v) is 3.48. The van der Waals surface area contributed by atoms with Gasteiger partial charge in [-0.2, -0.15) is 0 Å². The van der Waals surface area contributed by atoms with Crippen LogP contribution < -0.4 is 0 Å². The average molecular weight is 248 g/mol. The topological polar surface area (TPSA) is 26.3 Å². The molecule has 0 N–H and O–H groups in total. The average Bonchev–Trinajstić information content (AvgIpc) is 2.39. The summed E-state index contributed by atoms with van der Waals surface area (Å²) in [6.07, 6.45) is 12.8. The predicted octanol–water partition coefficient (Wildman–Crippen LogP) is 3.09. The lowest BCUT2D eigenvalue weighted by Crippen LogP contribution is -2.42. The van der Waals surface area contributed by atoms with Crippen molar-refractivity contribution in [1.29, 1.82) is 0 Å². The maximum Gasteiger partial charge on any atom is 0.184 e. The van der Waals surface area contributed by atoms with Crippen molar-refractivity contribution >= 4 is 14.1 Å². The number of carbonyl (C=O) groups is 1. The molecule has 2 aliphatic carbocycles. The number of ketones is 1. The zero-order valence-corrected chi connectivity index (χ0v) is 11.7. The lowest BCUT2D eigenvalue weighted by atomic mass is 9.79. The maximum absolute atomic E-state index is 12.1. The van der Waals surface area contributed by atoms with Crippen molar-refractivity contribution in [3.63, 3.8) is 0 Å². The van der Waals surface area contributed by atoms with Crippen LogP contribution in [0, 0.1) is 11.8 Å². The van der Waals surface area contributed by atoms with Gasteiger partial charge in [-0.05, 0) is 38.1 Å². The molecule has 0 aliphatic heterocycles. The van der Waals surface area contributed by atoms with Gasteiger partial charge in [0.05, 0.1) is 12.0 Å². The molecule has 0 fully saturated rings. The standard InChI is InChI=1S/C14H20O2Si/c1-17(2,3)16-13-10-6-8-11-7-4-5-9-12(15)14(11)13/h4-7,9-11,13-14H,8H2,1-3H3/t11-,13+,14+/m0/s1. The molecule has 0 heterocycles. The molecule has 0 spiro atoms. The van der Waals surface area contributed by atoms with Crippen LogP contribution in [-0.2, 0) is 9.22 Å². The van der Waals surface area contributed by atoms with Gasteiger partial charge in [0.1, 0.15) is 0 Å². The predicted molar refractivity (Wildman–Crippen MR) is 72.2 cm³/mol. The molecule has 0 bridgehead atoms. The summed E-state index contributed by atoms with van der Waals surface area (Å²) >= 11 is 0. The first-order valence-corrected chi connectivity index (χ1v) is 9.61. The molecule has 0 saturated carbocycles. The third-order valence-corrected chi connectivity index (χ3v) is 4.08. The van der Waals surface area contributed by atoms with E-state index in [4.69, 9.17) is 4.43 Å². The Hall–Kier alpha value is -0.933. The molecule has 0 amide bonds. The normalized spacial score (nSPS) is 32.4. The number of hydrogen-bond acceptors (Lipinski definition) is 2. The van der Waals surface area contributed by atoms with Gasteiger partial charge in [-0.15, -0.1) is 0 Å². The van der Waals surface area contributed by atoms with E-state index in [-0.39, 0.29) is 17.8 Å². The Kier molecular flexibility index (Phi) is 3.49. The Morgan fingerprint density at radius 2 is 2.00 bits per heavy atom. The van der Waals surface area contributed by atoms with E-state index in [0.29, 0.717) is 5.92 Å². The van der Waals surface area contributed by atoms with Crippen molar-refractivity contribution in [2.75, 3.05) is 0 Å². The van der Waals surface area contributed by atoms with Gasteiger partial charge in [0.25, 0.3) is 0 Å². The summed E-state index contributed by atoms with van der Waals surface area (Å²) in [6, 6.07) is 0. The second kappa shape index (κ2) is 4.74. The molecule has 0 unspecified atom stereocenters. The van der Waals surface area contributed by atoms with Crippen LogP contribution in [0.4, 0.5) is 0 Å². The van der Waals surface area contributed by atoms with Gasteiger partial charge in [0.15, 0.2) is 14.1 Å². The number of hydrogen-bond donors (Lipinski definition) is 0. The molecule has 2 nitrogen and oxygen atoms in total. The van der Waals surface area contributed by atoms with Crippen LogP contribution in [-0.4, -0.2) is 20.2 Å². The Bertz CT molecular complexity index is 388. The van der Waals surface area contributed by atoms with Crippen molar-refractivity contribution in [1.82, 2.24) is 0 Å². The van der Waals surface area contributed by atoms with Crippen LogP contribution >= 0.6 is 0 Å². The zero-order chi connectivity index (χ0) is 12.5. The molecule has 0 saturated heterocycles. The lowest BCUT2D eigenvalue weighted by Gasteiger charge is -2.35. The van der Waals surface area contributed by atoms with E-state index in [1.165, 1.54) is 0 Å². The minimum atomic E-state index is -1.62. The summed E-state index contributed by atoms with van der Waals surface area (Å²) in [4.78, 5) is 12.1. The Balaban J connectivity index is 2.24. The number of rotatable bonds is 2. The molecule has 0 radical (unpaired) electrons. The number of fused-ring (bicyclic) bond motifs is 1. The molecule has 2 aliphatic rings. The molecule has 17 heavy (non-hydrogen) atoms. The van der Waals surface area contributed by atoms with E-state index in [1.54, 1.807) is 6.08 Å². The lowest BCUT2D eigenvalue weighted by molar-refractivity contribution is -0.121. The second-order valence-electron chi connectivity index (χ2n) is 5.69. The van der Waals surface area contributed by atoms with E-state index in [9.17, 15) is 4.79 Å². The molecule has 3 heteroatoms. The Labute approximate surface area is 104 Å². The smallest absolute Gasteiger partial charge is 0.184 e. The first-order chi connectivity index (χ1) is 7.97. The highest BCUT2D eigenvalue weighted by Gasteiger charge is 2.36. The summed E-state index contributed by atoms with van der Waals surface area (Å²) in [5.74, 6) is 0.471. The van der Waals surface area contributed by atoms with E-state index in [0.717, 1.165) is 6.42 Å². The zero-order valence-electron chi connectivity index (χ0n) is 10.7. The highest BCUT2D eigenvalue weighted by molar-refractivity contribution is 6.69. The van der Waals surface area contributed by atoms with Gasteiger partial charge in [0.2, 0.25) is 0 Å². The Morgan fingerprint density at radius 1 is 1.24 bits per heavy atom. The van der Waals surface area contributed by atoms with Crippen LogP contribution in [0.1, 0.15) is 6.42 Å². The van der Waals surface area contributed by atoms with E-state index >= 15 is 0 Å². The third-order valence-electron chi connectivity index (χ3n) is 3.10. The number of allylic oxidation sites excluding steroid dienone is 5. The van der Waals surface area contributed by atoms with Crippen LogP contribution in [0.5, 0.6) is 0 Å². The Morgan fingerprint density at radius 3 is 2.71 bits per heavy atom. The van der Waals surface area contributed by atoms with Gasteiger partial charge in [0, 0.05) is 0 Å². The molecule has 0 aromatic heterocycles. The van der Waals surface area contributed by atoms with Crippen molar-refractivity contribution in [2.45, 2.75) is 32.2 Å². The minimum Gasteiger partial charge on any atom is -0.411 e.